The summed E-state index contributed by atoms with van der Waals surface area (Å²) in [7, 11) is 0. The molecule has 0 amide bonds. The average Bonchev–Trinajstić information content (AvgIpc) is 2.88. The van der Waals surface area contributed by atoms with Crippen molar-refractivity contribution in [3.63, 3.8) is 0 Å². The van der Waals surface area contributed by atoms with Gasteiger partial charge in [0.2, 0.25) is 0 Å². The zero-order chi connectivity index (χ0) is 13.1. The third kappa shape index (κ3) is 2.73. The van der Waals surface area contributed by atoms with Crippen molar-refractivity contribution in [2.45, 2.75) is 37.8 Å². The highest BCUT2D eigenvalue weighted by atomic mass is 16.5. The number of nitrogens with two attached hydrogens (primary N) is 1. The molecule has 1 aliphatic carbocycles. The van der Waals surface area contributed by atoms with E-state index in [1.165, 1.54) is 0 Å². The molecular formula is C13H17N5O. The lowest BCUT2D eigenvalue weighted by molar-refractivity contribution is 0.129. The zero-order valence-corrected chi connectivity index (χ0v) is 10.6. The van der Waals surface area contributed by atoms with Crippen molar-refractivity contribution in [1.29, 1.82) is 0 Å². The topological polar surface area (TPSA) is 78.8 Å². The maximum Gasteiger partial charge on any atom is 0.340 e. The Balaban J connectivity index is 1.77. The van der Waals surface area contributed by atoms with Crippen molar-refractivity contribution in [2.75, 3.05) is 0 Å². The fourth-order valence-corrected chi connectivity index (χ4v) is 2.42. The molecule has 1 saturated carbocycles. The van der Waals surface area contributed by atoms with Gasteiger partial charge in [-0.3, -0.25) is 0 Å². The second-order valence-electron chi connectivity index (χ2n) is 4.88. The Kier molecular flexibility index (Phi) is 3.41. The second kappa shape index (κ2) is 5.36. The predicted octanol–water partition coefficient (Wildman–Crippen LogP) is 1.31. The molecule has 100 valence electrons. The molecule has 2 N–H and O–H groups in total. The minimum absolute atomic E-state index is 0.109. The fourth-order valence-electron chi connectivity index (χ4n) is 2.42. The van der Waals surface area contributed by atoms with Crippen LogP contribution in [-0.4, -0.2) is 32.4 Å². The lowest BCUT2D eigenvalue weighted by Gasteiger charge is -2.26. The lowest BCUT2D eigenvalue weighted by atomic mass is 9.94. The number of nitrogens with zero attached hydrogens (tertiary/aromatic N) is 4. The molecule has 0 spiro atoms. The number of hydrogen-bond acceptors (Lipinski definition) is 5. The van der Waals surface area contributed by atoms with Crippen LogP contribution in [0.2, 0.25) is 0 Å². The third-order valence-electron chi connectivity index (χ3n) is 3.38. The van der Waals surface area contributed by atoms with E-state index in [-0.39, 0.29) is 12.1 Å². The van der Waals surface area contributed by atoms with E-state index in [1.807, 2.05) is 30.3 Å². The van der Waals surface area contributed by atoms with E-state index in [0.717, 1.165) is 31.4 Å². The smallest absolute Gasteiger partial charge is 0.340 e. The molecule has 2 atom stereocenters. The SMILES string of the molecule is NC1CCCC(Oc2nnnn2-c2ccccc2)C1. The fraction of sp³-hybridized carbons (Fsp3) is 0.462. The van der Waals surface area contributed by atoms with Crippen LogP contribution in [0.1, 0.15) is 25.7 Å². The van der Waals surface area contributed by atoms with E-state index in [1.54, 1.807) is 4.68 Å². The summed E-state index contributed by atoms with van der Waals surface area (Å²) in [4.78, 5) is 0. The van der Waals surface area contributed by atoms with Gasteiger partial charge in [-0.25, -0.2) is 0 Å². The molecule has 2 aromatic rings. The molecule has 1 aromatic carbocycles. The van der Waals surface area contributed by atoms with Crippen molar-refractivity contribution in [2.24, 2.45) is 5.73 Å². The van der Waals surface area contributed by atoms with Crippen LogP contribution in [0.15, 0.2) is 30.3 Å². The first kappa shape index (κ1) is 12.1. The summed E-state index contributed by atoms with van der Waals surface area (Å²) < 4.78 is 7.51. The van der Waals surface area contributed by atoms with Gasteiger partial charge in [0, 0.05) is 6.04 Å². The highest BCUT2D eigenvalue weighted by Gasteiger charge is 2.23. The van der Waals surface area contributed by atoms with Crippen LogP contribution >= 0.6 is 0 Å². The molecule has 1 aliphatic rings. The Morgan fingerprint density at radius 1 is 1.21 bits per heavy atom. The van der Waals surface area contributed by atoms with Gasteiger partial charge < -0.3 is 10.5 Å². The minimum atomic E-state index is 0.109. The molecule has 3 rings (SSSR count). The van der Waals surface area contributed by atoms with E-state index in [9.17, 15) is 0 Å². The van der Waals surface area contributed by atoms with Crippen LogP contribution in [-0.2, 0) is 0 Å². The molecule has 1 heterocycles. The summed E-state index contributed by atoms with van der Waals surface area (Å²) in [6.45, 7) is 0. The normalized spacial score (nSPS) is 23.2. The zero-order valence-electron chi connectivity index (χ0n) is 10.6. The maximum absolute atomic E-state index is 5.96. The van der Waals surface area contributed by atoms with E-state index < -0.39 is 0 Å². The van der Waals surface area contributed by atoms with Gasteiger partial charge in [0.15, 0.2) is 0 Å². The quantitative estimate of drug-likeness (QED) is 0.899. The van der Waals surface area contributed by atoms with E-state index >= 15 is 0 Å². The Morgan fingerprint density at radius 2 is 2.05 bits per heavy atom. The van der Waals surface area contributed by atoms with Gasteiger partial charge in [-0.05, 0) is 48.2 Å². The summed E-state index contributed by atoms with van der Waals surface area (Å²) in [5.41, 5.74) is 6.86. The van der Waals surface area contributed by atoms with Crippen molar-refractivity contribution in [3.8, 4) is 11.7 Å². The number of tetrazole rings is 1. The van der Waals surface area contributed by atoms with Crippen LogP contribution in [0.5, 0.6) is 6.01 Å². The molecule has 0 bridgehead atoms. The molecule has 0 aliphatic heterocycles. The lowest BCUT2D eigenvalue weighted by Crippen LogP contribution is -2.34. The number of benzene rings is 1. The second-order valence-corrected chi connectivity index (χ2v) is 4.88. The van der Waals surface area contributed by atoms with Crippen molar-refractivity contribution in [1.82, 2.24) is 20.2 Å². The van der Waals surface area contributed by atoms with Crippen LogP contribution in [0, 0.1) is 0 Å². The van der Waals surface area contributed by atoms with Gasteiger partial charge >= 0.3 is 6.01 Å². The van der Waals surface area contributed by atoms with Crippen LogP contribution < -0.4 is 10.5 Å². The first-order valence-electron chi connectivity index (χ1n) is 6.59. The summed E-state index contributed by atoms with van der Waals surface area (Å²) in [5.74, 6) is 0. The molecule has 1 fully saturated rings. The standard InChI is InChI=1S/C13H17N5O/c14-10-5-4-8-12(9-10)19-13-15-16-17-18(13)11-6-2-1-3-7-11/h1-3,6-7,10,12H,4-5,8-9,14H2. The highest BCUT2D eigenvalue weighted by molar-refractivity contribution is 5.31. The molecule has 1 aromatic heterocycles. The number of hydrogen-bond donors (Lipinski definition) is 1. The van der Waals surface area contributed by atoms with E-state index in [4.69, 9.17) is 10.5 Å². The van der Waals surface area contributed by atoms with Crippen LogP contribution in [0.25, 0.3) is 5.69 Å². The first-order chi connectivity index (χ1) is 9.33. The molecule has 6 heteroatoms. The Morgan fingerprint density at radius 3 is 2.84 bits per heavy atom. The molecule has 19 heavy (non-hydrogen) atoms. The predicted molar refractivity (Wildman–Crippen MR) is 70.0 cm³/mol. The molecule has 0 saturated heterocycles. The Hall–Kier alpha value is -1.95. The summed E-state index contributed by atoms with van der Waals surface area (Å²) >= 11 is 0. The van der Waals surface area contributed by atoms with Gasteiger partial charge in [-0.1, -0.05) is 23.3 Å². The molecule has 0 radical (unpaired) electrons. The number of rotatable bonds is 3. The number of ether oxygens (including phenoxy) is 1. The maximum atomic E-state index is 5.96. The molecular weight excluding hydrogens is 242 g/mol. The monoisotopic (exact) mass is 259 g/mol. The van der Waals surface area contributed by atoms with Crippen molar-refractivity contribution >= 4 is 0 Å². The molecule has 6 nitrogen and oxygen atoms in total. The minimum Gasteiger partial charge on any atom is -0.459 e. The van der Waals surface area contributed by atoms with E-state index in [2.05, 4.69) is 15.5 Å². The van der Waals surface area contributed by atoms with Gasteiger partial charge in [0.1, 0.15) is 6.10 Å². The highest BCUT2D eigenvalue weighted by Crippen LogP contribution is 2.22. The van der Waals surface area contributed by atoms with Gasteiger partial charge in [0.25, 0.3) is 0 Å². The van der Waals surface area contributed by atoms with Crippen molar-refractivity contribution < 1.29 is 4.74 Å². The number of aromatic nitrogens is 4. The Bertz CT molecular complexity index is 527. The van der Waals surface area contributed by atoms with E-state index in [0.29, 0.717) is 6.01 Å². The van der Waals surface area contributed by atoms with Gasteiger partial charge in [-0.2, -0.15) is 4.68 Å². The summed E-state index contributed by atoms with van der Waals surface area (Å²) in [6.07, 6.45) is 4.15. The Labute approximate surface area is 111 Å². The first-order valence-corrected chi connectivity index (χ1v) is 6.59. The van der Waals surface area contributed by atoms with Crippen LogP contribution in [0.3, 0.4) is 0 Å². The van der Waals surface area contributed by atoms with Crippen molar-refractivity contribution in [3.05, 3.63) is 30.3 Å². The largest absolute Gasteiger partial charge is 0.459 e. The third-order valence-corrected chi connectivity index (χ3v) is 3.38. The summed E-state index contributed by atoms with van der Waals surface area (Å²) in [6, 6.07) is 10.4. The number of para-hydroxylation sites is 1. The van der Waals surface area contributed by atoms with Crippen LogP contribution in [0.4, 0.5) is 0 Å². The molecule has 2 unspecified atom stereocenters. The van der Waals surface area contributed by atoms with Gasteiger partial charge in [-0.15, -0.1) is 0 Å². The summed E-state index contributed by atoms with van der Waals surface area (Å²) in [5, 5.41) is 11.6. The van der Waals surface area contributed by atoms with Gasteiger partial charge in [0.05, 0.1) is 5.69 Å². The average molecular weight is 259 g/mol.